The van der Waals surface area contributed by atoms with E-state index in [1.807, 2.05) is 54.6 Å². The van der Waals surface area contributed by atoms with Crippen LogP contribution in [0.4, 0.5) is 16.2 Å². The van der Waals surface area contributed by atoms with Crippen molar-refractivity contribution in [3.8, 4) is 0 Å². The summed E-state index contributed by atoms with van der Waals surface area (Å²) in [6, 6.07) is 16.9. The van der Waals surface area contributed by atoms with Gasteiger partial charge in [-0.3, -0.25) is 4.79 Å². The molecular formula is C18H17N3O2. The van der Waals surface area contributed by atoms with Crippen molar-refractivity contribution in [1.29, 1.82) is 0 Å². The Kier molecular flexibility index (Phi) is 3.08. The number of carbonyl (C=O) groups is 2. The van der Waals surface area contributed by atoms with E-state index >= 15 is 0 Å². The molecule has 2 aromatic rings. The Labute approximate surface area is 134 Å². The number of nitrogens with zero attached hydrogens (tertiary/aromatic N) is 1. The zero-order valence-corrected chi connectivity index (χ0v) is 12.6. The fourth-order valence-electron chi connectivity index (χ4n) is 3.49. The molecule has 0 bridgehead atoms. The van der Waals surface area contributed by atoms with E-state index in [0.717, 1.165) is 16.9 Å². The quantitative estimate of drug-likeness (QED) is 0.851. The van der Waals surface area contributed by atoms with Crippen molar-refractivity contribution >= 4 is 23.3 Å². The van der Waals surface area contributed by atoms with Crippen LogP contribution < -0.4 is 10.6 Å². The molecule has 2 heterocycles. The van der Waals surface area contributed by atoms with Gasteiger partial charge in [-0.05, 0) is 30.2 Å². The number of carbonyl (C=O) groups excluding carboxylic acids is 2. The van der Waals surface area contributed by atoms with Crippen LogP contribution >= 0.6 is 0 Å². The van der Waals surface area contributed by atoms with Gasteiger partial charge in [-0.25, -0.2) is 4.79 Å². The lowest BCUT2D eigenvalue weighted by atomic mass is 9.81. The Morgan fingerprint density at radius 3 is 2.65 bits per heavy atom. The van der Waals surface area contributed by atoms with Crippen molar-refractivity contribution in [3.05, 3.63) is 60.2 Å². The third kappa shape index (κ3) is 2.16. The second-order valence-corrected chi connectivity index (χ2v) is 6.05. The van der Waals surface area contributed by atoms with Gasteiger partial charge < -0.3 is 15.5 Å². The van der Waals surface area contributed by atoms with Gasteiger partial charge in [-0.2, -0.15) is 0 Å². The maximum Gasteiger partial charge on any atom is 0.321 e. The van der Waals surface area contributed by atoms with Crippen LogP contribution in [0.3, 0.4) is 0 Å². The summed E-state index contributed by atoms with van der Waals surface area (Å²) < 4.78 is 0. The maximum absolute atomic E-state index is 12.5. The zero-order chi connectivity index (χ0) is 15.9. The number of likely N-dealkylation sites (tertiary alicyclic amines) is 1. The van der Waals surface area contributed by atoms with Crippen molar-refractivity contribution in [1.82, 2.24) is 4.90 Å². The average molecular weight is 307 g/mol. The van der Waals surface area contributed by atoms with Crippen LogP contribution in [0.15, 0.2) is 54.6 Å². The van der Waals surface area contributed by atoms with Crippen molar-refractivity contribution in [2.75, 3.05) is 23.7 Å². The SMILES string of the molecule is O=C(Nc1ccccc1)N1CCC2(C1)C(=O)Nc1ccccc12. The van der Waals surface area contributed by atoms with Crippen molar-refractivity contribution in [3.63, 3.8) is 0 Å². The molecule has 1 spiro atoms. The number of rotatable bonds is 1. The van der Waals surface area contributed by atoms with E-state index in [1.54, 1.807) is 4.90 Å². The topological polar surface area (TPSA) is 61.4 Å². The molecule has 2 aliphatic rings. The molecule has 2 N–H and O–H groups in total. The first-order valence-electron chi connectivity index (χ1n) is 7.71. The number of anilines is 2. The van der Waals surface area contributed by atoms with Gasteiger partial charge in [0.05, 0.1) is 5.41 Å². The molecule has 5 nitrogen and oxygen atoms in total. The van der Waals surface area contributed by atoms with E-state index in [2.05, 4.69) is 10.6 Å². The molecule has 1 fully saturated rings. The fraction of sp³-hybridized carbons (Fsp3) is 0.222. The fourth-order valence-corrected chi connectivity index (χ4v) is 3.49. The van der Waals surface area contributed by atoms with Gasteiger partial charge in [0.2, 0.25) is 5.91 Å². The third-order valence-corrected chi connectivity index (χ3v) is 4.71. The highest BCUT2D eigenvalue weighted by Gasteiger charge is 2.51. The average Bonchev–Trinajstić information content (AvgIpc) is 3.13. The first kappa shape index (κ1) is 13.8. The Morgan fingerprint density at radius 1 is 1.09 bits per heavy atom. The molecule has 23 heavy (non-hydrogen) atoms. The van der Waals surface area contributed by atoms with Gasteiger partial charge in [-0.15, -0.1) is 0 Å². The first-order valence-corrected chi connectivity index (χ1v) is 7.71. The number of amides is 3. The number of para-hydroxylation sites is 2. The highest BCUT2D eigenvalue weighted by atomic mass is 16.2. The molecule has 5 heteroatoms. The van der Waals surface area contributed by atoms with Crippen LogP contribution in [-0.2, 0) is 10.2 Å². The minimum absolute atomic E-state index is 0.00582. The van der Waals surface area contributed by atoms with Crippen LogP contribution in [0.25, 0.3) is 0 Å². The lowest BCUT2D eigenvalue weighted by molar-refractivity contribution is -0.120. The summed E-state index contributed by atoms with van der Waals surface area (Å²) in [4.78, 5) is 26.7. The summed E-state index contributed by atoms with van der Waals surface area (Å²) in [6.45, 7) is 0.981. The minimum Gasteiger partial charge on any atom is -0.325 e. The molecule has 116 valence electrons. The predicted octanol–water partition coefficient (Wildman–Crippen LogP) is 2.81. The summed E-state index contributed by atoms with van der Waals surface area (Å²) >= 11 is 0. The molecule has 1 atom stereocenters. The van der Waals surface area contributed by atoms with Gasteiger partial charge in [0, 0.05) is 24.5 Å². The van der Waals surface area contributed by atoms with Crippen molar-refractivity contribution < 1.29 is 9.59 Å². The van der Waals surface area contributed by atoms with Gasteiger partial charge in [0.1, 0.15) is 0 Å². The summed E-state index contributed by atoms with van der Waals surface area (Å²) in [5.41, 5.74) is 2.02. The Hall–Kier alpha value is -2.82. The molecule has 4 rings (SSSR count). The molecule has 0 aliphatic carbocycles. The van der Waals surface area contributed by atoms with Gasteiger partial charge >= 0.3 is 6.03 Å². The van der Waals surface area contributed by atoms with E-state index in [0.29, 0.717) is 19.5 Å². The largest absolute Gasteiger partial charge is 0.325 e. The van der Waals surface area contributed by atoms with Gasteiger partial charge in [-0.1, -0.05) is 36.4 Å². The van der Waals surface area contributed by atoms with E-state index in [4.69, 9.17) is 0 Å². The summed E-state index contributed by atoms with van der Waals surface area (Å²) in [5.74, 6) is -0.00582. The van der Waals surface area contributed by atoms with E-state index in [1.165, 1.54) is 0 Å². The minimum atomic E-state index is -0.607. The second kappa shape index (κ2) is 5.12. The molecule has 1 saturated heterocycles. The zero-order valence-electron chi connectivity index (χ0n) is 12.6. The van der Waals surface area contributed by atoms with E-state index < -0.39 is 5.41 Å². The van der Waals surface area contributed by atoms with E-state index in [9.17, 15) is 9.59 Å². The number of hydrogen-bond donors (Lipinski definition) is 2. The number of nitrogens with one attached hydrogen (secondary N) is 2. The molecule has 2 aromatic carbocycles. The Bertz CT molecular complexity index is 775. The highest BCUT2D eigenvalue weighted by molar-refractivity contribution is 6.07. The van der Waals surface area contributed by atoms with Crippen LogP contribution in [-0.4, -0.2) is 29.9 Å². The highest BCUT2D eigenvalue weighted by Crippen LogP contribution is 2.44. The molecule has 1 unspecified atom stereocenters. The monoisotopic (exact) mass is 307 g/mol. The summed E-state index contributed by atoms with van der Waals surface area (Å²) in [6.07, 6.45) is 0.651. The number of benzene rings is 2. The standard InChI is InChI=1S/C18H17N3O2/c22-16-18(14-8-4-5-9-15(14)20-16)10-11-21(12-18)17(23)19-13-6-2-1-3-7-13/h1-9H,10-12H2,(H,19,23)(H,20,22). The summed E-state index contributed by atoms with van der Waals surface area (Å²) in [7, 11) is 0. The maximum atomic E-state index is 12.5. The molecular weight excluding hydrogens is 290 g/mol. The Morgan fingerprint density at radius 2 is 1.83 bits per heavy atom. The van der Waals surface area contributed by atoms with E-state index in [-0.39, 0.29) is 11.9 Å². The van der Waals surface area contributed by atoms with Crippen LogP contribution in [0.1, 0.15) is 12.0 Å². The number of urea groups is 1. The Balaban J connectivity index is 1.55. The van der Waals surface area contributed by atoms with Crippen LogP contribution in [0.5, 0.6) is 0 Å². The van der Waals surface area contributed by atoms with Crippen LogP contribution in [0.2, 0.25) is 0 Å². The second-order valence-electron chi connectivity index (χ2n) is 6.05. The third-order valence-electron chi connectivity index (χ3n) is 4.71. The molecule has 0 saturated carbocycles. The number of fused-ring (bicyclic) bond motifs is 2. The smallest absolute Gasteiger partial charge is 0.321 e. The number of hydrogen-bond acceptors (Lipinski definition) is 2. The lowest BCUT2D eigenvalue weighted by Crippen LogP contribution is -2.40. The van der Waals surface area contributed by atoms with Gasteiger partial charge in [0.25, 0.3) is 0 Å². The molecule has 2 aliphatic heterocycles. The molecule has 0 radical (unpaired) electrons. The molecule has 0 aromatic heterocycles. The molecule has 3 amide bonds. The van der Waals surface area contributed by atoms with Crippen LogP contribution in [0, 0.1) is 0 Å². The first-order chi connectivity index (χ1) is 11.2. The van der Waals surface area contributed by atoms with Gasteiger partial charge in [0.15, 0.2) is 0 Å². The van der Waals surface area contributed by atoms with Crippen molar-refractivity contribution in [2.45, 2.75) is 11.8 Å². The summed E-state index contributed by atoms with van der Waals surface area (Å²) in [5, 5.41) is 5.83. The predicted molar refractivity (Wildman–Crippen MR) is 88.4 cm³/mol. The normalized spacial score (nSPS) is 22.1. The van der Waals surface area contributed by atoms with Crippen molar-refractivity contribution in [2.24, 2.45) is 0 Å². The lowest BCUT2D eigenvalue weighted by Gasteiger charge is -2.22.